The van der Waals surface area contributed by atoms with Crippen LogP contribution in [0.25, 0.3) is 0 Å². The molecule has 0 saturated carbocycles. The molecular weight excluding hydrogens is 300 g/mol. The van der Waals surface area contributed by atoms with Gasteiger partial charge in [0.05, 0.1) is 13.2 Å². The molecule has 3 heterocycles. The number of aryl methyl sites for hydroxylation is 1. The predicted molar refractivity (Wildman–Crippen MR) is 81.3 cm³/mol. The lowest BCUT2D eigenvalue weighted by Crippen LogP contribution is -2.39. The predicted octanol–water partition coefficient (Wildman–Crippen LogP) is 2.04. The molecule has 1 aliphatic rings. The van der Waals surface area contributed by atoms with E-state index in [1.54, 1.807) is 32.4 Å². The molecule has 0 unspecified atom stereocenters. The highest BCUT2D eigenvalue weighted by atomic mass is 16.5. The van der Waals surface area contributed by atoms with Gasteiger partial charge in [-0.2, -0.15) is 0 Å². The molecule has 2 amide bonds. The summed E-state index contributed by atoms with van der Waals surface area (Å²) in [5.41, 5.74) is 0.894. The van der Waals surface area contributed by atoms with Crippen LogP contribution in [0.15, 0.2) is 28.9 Å². The second-order valence-electron chi connectivity index (χ2n) is 5.24. The van der Waals surface area contributed by atoms with Crippen LogP contribution in [0.3, 0.4) is 0 Å². The maximum atomic E-state index is 12.1. The Labute approximate surface area is 133 Å². The average Bonchev–Trinajstić information content (AvgIpc) is 3.16. The SMILES string of the molecule is COc1ccc([C@H]2OCC[C@@H]2NC(=O)Nc2cc(C)on2)cn1. The zero-order valence-corrected chi connectivity index (χ0v) is 12.9. The third kappa shape index (κ3) is 3.59. The van der Waals surface area contributed by atoms with Crippen molar-refractivity contribution in [3.05, 3.63) is 35.7 Å². The highest BCUT2D eigenvalue weighted by molar-refractivity contribution is 5.88. The zero-order valence-electron chi connectivity index (χ0n) is 12.9. The Morgan fingerprint density at radius 1 is 1.43 bits per heavy atom. The number of nitrogens with one attached hydrogen (secondary N) is 2. The minimum absolute atomic E-state index is 0.141. The highest BCUT2D eigenvalue weighted by Crippen LogP contribution is 2.29. The number of amides is 2. The van der Waals surface area contributed by atoms with Crippen LogP contribution in [0, 0.1) is 6.92 Å². The first-order valence-electron chi connectivity index (χ1n) is 7.28. The molecule has 23 heavy (non-hydrogen) atoms. The molecule has 8 heteroatoms. The van der Waals surface area contributed by atoms with E-state index < -0.39 is 0 Å². The molecule has 3 rings (SSSR count). The quantitative estimate of drug-likeness (QED) is 0.895. The number of hydrogen-bond donors (Lipinski definition) is 2. The molecule has 0 radical (unpaired) electrons. The number of rotatable bonds is 4. The number of carbonyl (C=O) groups is 1. The molecular formula is C15H18N4O4. The topological polar surface area (TPSA) is 98.5 Å². The number of ether oxygens (including phenoxy) is 2. The molecule has 1 aliphatic heterocycles. The largest absolute Gasteiger partial charge is 0.481 e. The van der Waals surface area contributed by atoms with Gasteiger partial charge in [-0.05, 0) is 19.4 Å². The number of aromatic nitrogens is 2. The van der Waals surface area contributed by atoms with Gasteiger partial charge in [0.15, 0.2) is 5.82 Å². The summed E-state index contributed by atoms with van der Waals surface area (Å²) in [5.74, 6) is 1.55. The van der Waals surface area contributed by atoms with Crippen LogP contribution >= 0.6 is 0 Å². The molecule has 122 valence electrons. The fourth-order valence-electron chi connectivity index (χ4n) is 2.49. The van der Waals surface area contributed by atoms with Crippen LogP contribution < -0.4 is 15.4 Å². The highest BCUT2D eigenvalue weighted by Gasteiger charge is 2.31. The van der Waals surface area contributed by atoms with Crippen molar-refractivity contribution in [3.8, 4) is 5.88 Å². The Balaban J connectivity index is 1.62. The molecule has 8 nitrogen and oxygen atoms in total. The molecule has 0 bridgehead atoms. The van der Waals surface area contributed by atoms with Crippen molar-refractivity contribution in [2.24, 2.45) is 0 Å². The van der Waals surface area contributed by atoms with Gasteiger partial charge in [0.2, 0.25) is 5.88 Å². The Hall–Kier alpha value is -2.61. The minimum atomic E-state index is -0.347. The molecule has 2 aromatic rings. The van der Waals surface area contributed by atoms with Gasteiger partial charge in [-0.3, -0.25) is 5.32 Å². The van der Waals surface area contributed by atoms with Crippen molar-refractivity contribution in [1.82, 2.24) is 15.5 Å². The van der Waals surface area contributed by atoms with Gasteiger partial charge >= 0.3 is 6.03 Å². The second-order valence-corrected chi connectivity index (χ2v) is 5.24. The lowest BCUT2D eigenvalue weighted by atomic mass is 10.0. The standard InChI is InChI=1S/C15H18N4O4/c1-9-7-12(19-23-9)18-15(20)17-11-5-6-22-14(11)10-3-4-13(21-2)16-8-10/h3-4,7-8,11,14H,5-6H2,1-2H3,(H2,17,18,19,20)/t11-,14+/m0/s1. The first-order chi connectivity index (χ1) is 11.2. The number of methoxy groups -OCH3 is 1. The molecule has 0 aliphatic carbocycles. The Morgan fingerprint density at radius 3 is 2.96 bits per heavy atom. The van der Waals surface area contributed by atoms with Crippen LogP contribution in [0.2, 0.25) is 0 Å². The molecule has 2 atom stereocenters. The van der Waals surface area contributed by atoms with E-state index in [9.17, 15) is 4.79 Å². The minimum Gasteiger partial charge on any atom is -0.481 e. The summed E-state index contributed by atoms with van der Waals surface area (Å²) in [7, 11) is 1.56. The fourth-order valence-corrected chi connectivity index (χ4v) is 2.49. The van der Waals surface area contributed by atoms with Crippen LogP contribution in [-0.2, 0) is 4.74 Å². The summed E-state index contributed by atoms with van der Waals surface area (Å²) in [4.78, 5) is 16.2. The third-order valence-corrected chi connectivity index (χ3v) is 3.57. The van der Waals surface area contributed by atoms with Gasteiger partial charge in [0.1, 0.15) is 11.9 Å². The monoisotopic (exact) mass is 318 g/mol. The van der Waals surface area contributed by atoms with Gasteiger partial charge in [0.25, 0.3) is 0 Å². The average molecular weight is 318 g/mol. The lowest BCUT2D eigenvalue weighted by Gasteiger charge is -2.20. The van der Waals surface area contributed by atoms with Crippen molar-refractivity contribution in [2.45, 2.75) is 25.5 Å². The number of urea groups is 1. The Kier molecular flexibility index (Phi) is 4.42. The van der Waals surface area contributed by atoms with E-state index in [-0.39, 0.29) is 18.2 Å². The Morgan fingerprint density at radius 2 is 2.30 bits per heavy atom. The smallest absolute Gasteiger partial charge is 0.320 e. The normalized spacial score (nSPS) is 20.3. The first kappa shape index (κ1) is 15.3. The summed E-state index contributed by atoms with van der Waals surface area (Å²) in [6.45, 7) is 2.33. The maximum absolute atomic E-state index is 12.1. The number of hydrogen-bond acceptors (Lipinski definition) is 6. The van der Waals surface area contributed by atoms with Crippen molar-refractivity contribution in [3.63, 3.8) is 0 Å². The summed E-state index contributed by atoms with van der Waals surface area (Å²) in [6.07, 6.45) is 2.18. The molecule has 1 saturated heterocycles. The maximum Gasteiger partial charge on any atom is 0.320 e. The van der Waals surface area contributed by atoms with E-state index in [0.717, 1.165) is 12.0 Å². The molecule has 2 N–H and O–H groups in total. The lowest BCUT2D eigenvalue weighted by molar-refractivity contribution is 0.100. The van der Waals surface area contributed by atoms with E-state index in [4.69, 9.17) is 14.0 Å². The van der Waals surface area contributed by atoms with Crippen LogP contribution in [0.5, 0.6) is 5.88 Å². The summed E-state index contributed by atoms with van der Waals surface area (Å²) in [5, 5.41) is 9.26. The van der Waals surface area contributed by atoms with Crippen molar-refractivity contribution in [1.29, 1.82) is 0 Å². The zero-order chi connectivity index (χ0) is 16.2. The first-order valence-corrected chi connectivity index (χ1v) is 7.28. The van der Waals surface area contributed by atoms with Gasteiger partial charge in [-0.1, -0.05) is 5.16 Å². The number of carbonyl (C=O) groups excluding carboxylic acids is 1. The summed E-state index contributed by atoms with van der Waals surface area (Å²) in [6, 6.07) is 4.82. The van der Waals surface area contributed by atoms with E-state index in [0.29, 0.717) is 24.1 Å². The summed E-state index contributed by atoms with van der Waals surface area (Å²) < 4.78 is 15.7. The van der Waals surface area contributed by atoms with Gasteiger partial charge < -0.3 is 19.3 Å². The molecule has 0 spiro atoms. The van der Waals surface area contributed by atoms with Crippen molar-refractivity contribution < 1.29 is 18.8 Å². The van der Waals surface area contributed by atoms with E-state index in [1.165, 1.54) is 0 Å². The number of nitrogens with zero attached hydrogens (tertiary/aromatic N) is 2. The Bertz CT molecular complexity index is 670. The van der Waals surface area contributed by atoms with E-state index >= 15 is 0 Å². The molecule has 0 aromatic carbocycles. The van der Waals surface area contributed by atoms with Gasteiger partial charge in [-0.25, -0.2) is 9.78 Å². The van der Waals surface area contributed by atoms with Crippen LogP contribution in [-0.4, -0.2) is 35.9 Å². The third-order valence-electron chi connectivity index (χ3n) is 3.57. The van der Waals surface area contributed by atoms with E-state index in [2.05, 4.69) is 20.8 Å². The number of anilines is 1. The molecule has 1 fully saturated rings. The van der Waals surface area contributed by atoms with E-state index in [1.807, 2.05) is 6.07 Å². The summed E-state index contributed by atoms with van der Waals surface area (Å²) >= 11 is 0. The number of pyridine rings is 1. The van der Waals surface area contributed by atoms with Gasteiger partial charge in [0, 0.05) is 30.5 Å². The van der Waals surface area contributed by atoms with Crippen molar-refractivity contribution in [2.75, 3.05) is 19.0 Å². The second kappa shape index (κ2) is 6.66. The van der Waals surface area contributed by atoms with Crippen LogP contribution in [0.1, 0.15) is 23.8 Å². The van der Waals surface area contributed by atoms with Crippen molar-refractivity contribution >= 4 is 11.8 Å². The molecule has 2 aromatic heterocycles. The van der Waals surface area contributed by atoms with Gasteiger partial charge in [-0.15, -0.1) is 0 Å². The fraction of sp³-hybridized carbons (Fsp3) is 0.400. The van der Waals surface area contributed by atoms with Crippen LogP contribution in [0.4, 0.5) is 10.6 Å².